The molecule has 0 heterocycles. The summed E-state index contributed by atoms with van der Waals surface area (Å²) in [7, 11) is 2.04. The summed E-state index contributed by atoms with van der Waals surface area (Å²) >= 11 is 0. The molecule has 0 saturated heterocycles. The van der Waals surface area contributed by atoms with Crippen LogP contribution < -0.4 is 10.6 Å². The molecule has 0 spiro atoms. The van der Waals surface area contributed by atoms with E-state index in [0.29, 0.717) is 18.3 Å². The number of benzene rings is 1. The first-order valence-electron chi connectivity index (χ1n) is 6.99. The molecular formula is C15H23N3O3. The van der Waals surface area contributed by atoms with Crippen LogP contribution in [0.1, 0.15) is 30.6 Å². The normalized spacial score (nSPS) is 10.7. The minimum Gasteiger partial charge on any atom is -0.478 e. The Bertz CT molecular complexity index is 489. The number of carboxylic acids is 1. The van der Waals surface area contributed by atoms with E-state index in [9.17, 15) is 9.59 Å². The highest BCUT2D eigenvalue weighted by atomic mass is 16.4. The van der Waals surface area contributed by atoms with Crippen LogP contribution in [0.15, 0.2) is 24.3 Å². The Kier molecular flexibility index (Phi) is 6.68. The predicted molar refractivity (Wildman–Crippen MR) is 82.8 cm³/mol. The summed E-state index contributed by atoms with van der Waals surface area (Å²) in [6, 6.07) is 6.40. The van der Waals surface area contributed by atoms with E-state index < -0.39 is 12.0 Å². The molecule has 0 bridgehead atoms. The smallest absolute Gasteiger partial charge is 0.337 e. The van der Waals surface area contributed by atoms with Gasteiger partial charge in [0.2, 0.25) is 0 Å². The topological polar surface area (TPSA) is 81.7 Å². The first kappa shape index (κ1) is 17.0. The summed E-state index contributed by atoms with van der Waals surface area (Å²) in [5.74, 6) is -1.07. The maximum absolute atomic E-state index is 11.7. The van der Waals surface area contributed by atoms with Gasteiger partial charge >= 0.3 is 12.0 Å². The van der Waals surface area contributed by atoms with Crippen LogP contribution in [-0.4, -0.2) is 48.2 Å². The van der Waals surface area contributed by atoms with Gasteiger partial charge in [-0.25, -0.2) is 9.59 Å². The molecular weight excluding hydrogens is 270 g/mol. The van der Waals surface area contributed by atoms with Crippen molar-refractivity contribution in [3.05, 3.63) is 29.8 Å². The third-order valence-electron chi connectivity index (χ3n) is 3.26. The van der Waals surface area contributed by atoms with Crippen molar-refractivity contribution in [1.82, 2.24) is 10.2 Å². The zero-order valence-corrected chi connectivity index (χ0v) is 12.7. The van der Waals surface area contributed by atoms with Crippen molar-refractivity contribution in [2.45, 2.75) is 26.3 Å². The molecule has 116 valence electrons. The van der Waals surface area contributed by atoms with E-state index in [1.165, 1.54) is 6.07 Å². The Morgan fingerprint density at radius 3 is 2.57 bits per heavy atom. The van der Waals surface area contributed by atoms with E-state index in [1.54, 1.807) is 18.2 Å². The maximum Gasteiger partial charge on any atom is 0.337 e. The van der Waals surface area contributed by atoms with Gasteiger partial charge in [-0.3, -0.25) is 0 Å². The standard InChI is InChI=1S/C15H23N3O3/c1-11(2)18(3)10-6-9-16-15(21)17-13-8-5-4-7-12(13)14(19)20/h4-5,7-8,11H,6,9-10H2,1-3H3,(H,19,20)(H2,16,17,21). The second-order valence-corrected chi connectivity index (χ2v) is 5.16. The van der Waals surface area contributed by atoms with Gasteiger partial charge in [0.25, 0.3) is 0 Å². The van der Waals surface area contributed by atoms with Crippen molar-refractivity contribution in [2.75, 3.05) is 25.5 Å². The van der Waals surface area contributed by atoms with E-state index in [-0.39, 0.29) is 5.56 Å². The average Bonchev–Trinajstić information content (AvgIpc) is 2.43. The molecule has 1 aromatic rings. The Balaban J connectivity index is 2.39. The maximum atomic E-state index is 11.7. The van der Waals surface area contributed by atoms with Gasteiger partial charge < -0.3 is 20.6 Å². The minimum atomic E-state index is -1.07. The zero-order valence-electron chi connectivity index (χ0n) is 12.7. The molecule has 0 aliphatic heterocycles. The second-order valence-electron chi connectivity index (χ2n) is 5.16. The van der Waals surface area contributed by atoms with Crippen LogP contribution in [0, 0.1) is 0 Å². The molecule has 1 rings (SSSR count). The highest BCUT2D eigenvalue weighted by Gasteiger charge is 2.11. The van der Waals surface area contributed by atoms with Crippen LogP contribution in [0.2, 0.25) is 0 Å². The largest absolute Gasteiger partial charge is 0.478 e. The van der Waals surface area contributed by atoms with Crippen molar-refractivity contribution >= 4 is 17.7 Å². The fraction of sp³-hybridized carbons (Fsp3) is 0.467. The van der Waals surface area contributed by atoms with Gasteiger partial charge in [-0.2, -0.15) is 0 Å². The van der Waals surface area contributed by atoms with Gasteiger partial charge in [-0.05, 0) is 46.0 Å². The van der Waals surface area contributed by atoms with Crippen LogP contribution in [0.4, 0.5) is 10.5 Å². The third-order valence-corrected chi connectivity index (χ3v) is 3.26. The van der Waals surface area contributed by atoms with E-state index >= 15 is 0 Å². The van der Waals surface area contributed by atoms with Crippen molar-refractivity contribution in [3.8, 4) is 0 Å². The summed E-state index contributed by atoms with van der Waals surface area (Å²) in [5, 5.41) is 14.3. The number of amides is 2. The van der Waals surface area contributed by atoms with Crippen LogP contribution >= 0.6 is 0 Å². The summed E-state index contributed by atoms with van der Waals surface area (Å²) in [5.41, 5.74) is 0.369. The fourth-order valence-electron chi connectivity index (χ4n) is 1.73. The van der Waals surface area contributed by atoms with Crippen molar-refractivity contribution < 1.29 is 14.7 Å². The Morgan fingerprint density at radius 2 is 1.95 bits per heavy atom. The number of carbonyl (C=O) groups excluding carboxylic acids is 1. The van der Waals surface area contributed by atoms with Crippen molar-refractivity contribution in [1.29, 1.82) is 0 Å². The first-order valence-corrected chi connectivity index (χ1v) is 6.99. The SMILES string of the molecule is CC(C)N(C)CCCNC(=O)Nc1ccccc1C(=O)O. The summed E-state index contributed by atoms with van der Waals surface area (Å²) in [6.45, 7) is 5.66. The fourth-order valence-corrected chi connectivity index (χ4v) is 1.73. The monoisotopic (exact) mass is 293 g/mol. The number of hydrogen-bond acceptors (Lipinski definition) is 3. The lowest BCUT2D eigenvalue weighted by molar-refractivity contribution is 0.0698. The molecule has 0 atom stereocenters. The molecule has 6 heteroatoms. The molecule has 3 N–H and O–H groups in total. The van der Waals surface area contributed by atoms with Gasteiger partial charge in [0, 0.05) is 12.6 Å². The van der Waals surface area contributed by atoms with Gasteiger partial charge in [0.15, 0.2) is 0 Å². The lowest BCUT2D eigenvalue weighted by Gasteiger charge is -2.20. The number of para-hydroxylation sites is 1. The number of hydrogen-bond donors (Lipinski definition) is 3. The number of urea groups is 1. The van der Waals surface area contributed by atoms with Crippen molar-refractivity contribution in [3.63, 3.8) is 0 Å². The number of aromatic carboxylic acids is 1. The van der Waals surface area contributed by atoms with E-state index in [1.807, 2.05) is 7.05 Å². The Labute approximate surface area is 125 Å². The van der Waals surface area contributed by atoms with Crippen LogP contribution in [0.5, 0.6) is 0 Å². The molecule has 0 aliphatic rings. The van der Waals surface area contributed by atoms with Gasteiger partial charge in [-0.1, -0.05) is 12.1 Å². The molecule has 21 heavy (non-hydrogen) atoms. The van der Waals surface area contributed by atoms with E-state index in [2.05, 4.69) is 29.4 Å². The highest BCUT2D eigenvalue weighted by Crippen LogP contribution is 2.14. The lowest BCUT2D eigenvalue weighted by Crippen LogP contribution is -2.33. The van der Waals surface area contributed by atoms with Gasteiger partial charge in [0.1, 0.15) is 0 Å². The van der Waals surface area contributed by atoms with Crippen LogP contribution in [0.3, 0.4) is 0 Å². The van der Waals surface area contributed by atoms with Crippen molar-refractivity contribution in [2.24, 2.45) is 0 Å². The van der Waals surface area contributed by atoms with E-state index in [0.717, 1.165) is 13.0 Å². The Morgan fingerprint density at radius 1 is 1.29 bits per heavy atom. The number of rotatable bonds is 7. The number of nitrogens with one attached hydrogen (secondary N) is 2. The molecule has 0 saturated carbocycles. The molecule has 0 aliphatic carbocycles. The number of carbonyl (C=O) groups is 2. The molecule has 6 nitrogen and oxygen atoms in total. The summed E-state index contributed by atoms with van der Waals surface area (Å²) in [6.07, 6.45) is 0.836. The van der Waals surface area contributed by atoms with E-state index in [4.69, 9.17) is 5.11 Å². The molecule has 0 aromatic heterocycles. The average molecular weight is 293 g/mol. The Hall–Kier alpha value is -2.08. The zero-order chi connectivity index (χ0) is 15.8. The third kappa shape index (κ3) is 5.83. The molecule has 0 radical (unpaired) electrons. The summed E-state index contributed by atoms with van der Waals surface area (Å²) < 4.78 is 0. The molecule has 2 amide bonds. The minimum absolute atomic E-state index is 0.0761. The number of nitrogens with zero attached hydrogens (tertiary/aromatic N) is 1. The first-order chi connectivity index (χ1) is 9.91. The molecule has 0 fully saturated rings. The van der Waals surface area contributed by atoms with Gasteiger partial charge in [0.05, 0.1) is 11.3 Å². The van der Waals surface area contributed by atoms with Gasteiger partial charge in [-0.15, -0.1) is 0 Å². The number of carboxylic acid groups (broad SMARTS) is 1. The predicted octanol–water partition coefficient (Wildman–Crippen LogP) is 2.24. The summed E-state index contributed by atoms with van der Waals surface area (Å²) in [4.78, 5) is 25.0. The quantitative estimate of drug-likeness (QED) is 0.673. The van der Waals surface area contributed by atoms with Crippen LogP contribution in [0.25, 0.3) is 0 Å². The molecule has 1 aromatic carbocycles. The highest BCUT2D eigenvalue weighted by molar-refractivity contribution is 5.99. The molecule has 0 unspecified atom stereocenters. The second kappa shape index (κ2) is 8.26. The van der Waals surface area contributed by atoms with Crippen LogP contribution in [-0.2, 0) is 0 Å². The number of anilines is 1. The lowest BCUT2D eigenvalue weighted by atomic mass is 10.2.